The highest BCUT2D eigenvalue weighted by atomic mass is 14.7. The highest BCUT2D eigenvalue weighted by Gasteiger charge is 2.54. The van der Waals surface area contributed by atoms with Crippen molar-refractivity contribution in [3.8, 4) is 18.2 Å². The Morgan fingerprint density at radius 3 is 2.74 bits per heavy atom. The van der Waals surface area contributed by atoms with Crippen LogP contribution in [0, 0.1) is 45.8 Å². The van der Waals surface area contributed by atoms with Gasteiger partial charge < -0.3 is 5.73 Å². The lowest BCUT2D eigenvalue weighted by Gasteiger charge is -2.43. The van der Waals surface area contributed by atoms with Crippen LogP contribution < -0.4 is 5.73 Å². The summed E-state index contributed by atoms with van der Waals surface area (Å²) in [6.07, 6.45) is 7.76. The van der Waals surface area contributed by atoms with E-state index in [4.69, 9.17) is 5.73 Å². The molecule has 0 saturated carbocycles. The zero-order valence-electron chi connectivity index (χ0n) is 12.5. The summed E-state index contributed by atoms with van der Waals surface area (Å²) in [5.41, 5.74) is 6.90. The Morgan fingerprint density at radius 2 is 2.13 bits per heavy atom. The smallest absolute Gasteiger partial charge is 0.140 e. The number of nitriles is 3. The van der Waals surface area contributed by atoms with Crippen LogP contribution in [0.15, 0.2) is 47.4 Å². The van der Waals surface area contributed by atoms with Crippen molar-refractivity contribution in [1.29, 1.82) is 15.8 Å². The molecule has 3 rings (SSSR count). The van der Waals surface area contributed by atoms with Gasteiger partial charge in [0.05, 0.1) is 29.3 Å². The Labute approximate surface area is 135 Å². The first-order valence-corrected chi connectivity index (χ1v) is 7.52. The molecular weight excluding hydrogens is 286 g/mol. The first-order valence-electron chi connectivity index (χ1n) is 7.52. The third-order valence-corrected chi connectivity index (χ3v) is 4.88. The molecule has 3 atom stereocenters. The zero-order valence-corrected chi connectivity index (χ0v) is 12.5. The summed E-state index contributed by atoms with van der Waals surface area (Å²) in [7, 11) is 0. The van der Waals surface area contributed by atoms with Crippen LogP contribution in [0.3, 0.4) is 0 Å². The molecule has 2 N–H and O–H groups in total. The number of aromatic nitrogens is 1. The van der Waals surface area contributed by atoms with Crippen LogP contribution in [0.1, 0.15) is 24.8 Å². The molecule has 0 aromatic carbocycles. The van der Waals surface area contributed by atoms with Crippen molar-refractivity contribution < 1.29 is 0 Å². The van der Waals surface area contributed by atoms with Crippen molar-refractivity contribution in [3.63, 3.8) is 0 Å². The number of fused-ring (bicyclic) bond motifs is 1. The molecule has 0 radical (unpaired) electrons. The van der Waals surface area contributed by atoms with Crippen molar-refractivity contribution in [1.82, 2.24) is 4.98 Å². The summed E-state index contributed by atoms with van der Waals surface area (Å²) in [4.78, 5) is 4.07. The van der Waals surface area contributed by atoms with Gasteiger partial charge in [-0.05, 0) is 36.5 Å². The minimum absolute atomic E-state index is 0.143. The first kappa shape index (κ1) is 14.8. The molecule has 0 amide bonds. The van der Waals surface area contributed by atoms with Crippen LogP contribution in [-0.2, 0) is 5.41 Å². The maximum Gasteiger partial charge on any atom is 0.140 e. The average molecular weight is 301 g/mol. The molecule has 5 nitrogen and oxygen atoms in total. The van der Waals surface area contributed by atoms with E-state index in [2.05, 4.69) is 23.2 Å². The van der Waals surface area contributed by atoms with E-state index in [1.807, 2.05) is 6.08 Å². The Kier molecular flexibility index (Phi) is 3.61. The van der Waals surface area contributed by atoms with Crippen LogP contribution in [0.25, 0.3) is 0 Å². The summed E-state index contributed by atoms with van der Waals surface area (Å²) in [5.74, 6) is -0.768. The monoisotopic (exact) mass is 301 g/mol. The average Bonchev–Trinajstić information content (AvgIpc) is 2.61. The largest absolute Gasteiger partial charge is 0.399 e. The van der Waals surface area contributed by atoms with Gasteiger partial charge in [0.15, 0.2) is 0 Å². The van der Waals surface area contributed by atoms with Gasteiger partial charge >= 0.3 is 0 Å². The zero-order chi connectivity index (χ0) is 16.4. The summed E-state index contributed by atoms with van der Waals surface area (Å²) in [5, 5.41) is 29.4. The van der Waals surface area contributed by atoms with Crippen molar-refractivity contribution in [2.45, 2.75) is 24.7 Å². The maximum absolute atomic E-state index is 10.00. The van der Waals surface area contributed by atoms with Gasteiger partial charge in [-0.25, -0.2) is 0 Å². The Balaban J connectivity index is 2.36. The van der Waals surface area contributed by atoms with Gasteiger partial charge in [-0.2, -0.15) is 15.8 Å². The van der Waals surface area contributed by atoms with E-state index in [0.717, 1.165) is 24.8 Å². The number of nitrogens with two attached hydrogens (primary N) is 1. The molecule has 0 bridgehead atoms. The topological polar surface area (TPSA) is 110 Å². The highest BCUT2D eigenvalue weighted by molar-refractivity contribution is 5.60. The molecule has 0 spiro atoms. The SMILES string of the molecule is N#CC1=C(N)[C@](C#N)(c2cccnc2)[C@H](C#N)[C@@H]2CCCC=C12. The molecule has 1 heterocycles. The predicted octanol–water partition coefficient (Wildman–Crippen LogP) is 2.46. The molecule has 0 saturated heterocycles. The summed E-state index contributed by atoms with van der Waals surface area (Å²) >= 11 is 0. The lowest BCUT2D eigenvalue weighted by molar-refractivity contribution is 0.312. The quantitative estimate of drug-likeness (QED) is 0.856. The molecule has 23 heavy (non-hydrogen) atoms. The van der Waals surface area contributed by atoms with Gasteiger partial charge in [-0.15, -0.1) is 0 Å². The van der Waals surface area contributed by atoms with Crippen LogP contribution in [0.5, 0.6) is 0 Å². The summed E-state index contributed by atoms with van der Waals surface area (Å²) in [6.45, 7) is 0. The fourth-order valence-corrected chi connectivity index (χ4v) is 3.79. The fourth-order valence-electron chi connectivity index (χ4n) is 3.79. The number of allylic oxidation sites excluding steroid dienone is 4. The second kappa shape index (κ2) is 5.59. The second-order valence-corrected chi connectivity index (χ2v) is 5.87. The predicted molar refractivity (Wildman–Crippen MR) is 82.9 cm³/mol. The summed E-state index contributed by atoms with van der Waals surface area (Å²) in [6, 6.07) is 10.2. The Morgan fingerprint density at radius 1 is 1.30 bits per heavy atom. The lowest BCUT2D eigenvalue weighted by atomic mass is 9.56. The van der Waals surface area contributed by atoms with E-state index >= 15 is 0 Å². The Hall–Kier alpha value is -3.10. The van der Waals surface area contributed by atoms with Crippen LogP contribution in [0.4, 0.5) is 0 Å². The number of hydrogen-bond acceptors (Lipinski definition) is 5. The number of pyridine rings is 1. The molecule has 0 fully saturated rings. The number of hydrogen-bond donors (Lipinski definition) is 1. The Bertz CT molecular complexity index is 816. The standard InChI is InChI=1S/C18H15N5/c19-8-15-13-5-1-2-6-14(13)16(9-20)18(11-21,17(15)22)12-4-3-7-23-10-12/h3-5,7,10,14,16H,1-2,6,22H2/t14-,16-,18-/m1/s1. The minimum atomic E-state index is -1.33. The minimum Gasteiger partial charge on any atom is -0.399 e. The van der Waals surface area contributed by atoms with E-state index < -0.39 is 11.3 Å². The van der Waals surface area contributed by atoms with Crippen LogP contribution in [-0.4, -0.2) is 4.98 Å². The van der Waals surface area contributed by atoms with Gasteiger partial charge in [0.2, 0.25) is 0 Å². The molecular formula is C18H15N5. The van der Waals surface area contributed by atoms with E-state index in [-0.39, 0.29) is 11.6 Å². The van der Waals surface area contributed by atoms with Gasteiger partial charge in [0, 0.05) is 18.3 Å². The van der Waals surface area contributed by atoms with Gasteiger partial charge in [0.25, 0.3) is 0 Å². The second-order valence-electron chi connectivity index (χ2n) is 5.87. The first-order chi connectivity index (χ1) is 11.2. The van der Waals surface area contributed by atoms with Gasteiger partial charge in [-0.1, -0.05) is 12.1 Å². The molecule has 2 aliphatic rings. The van der Waals surface area contributed by atoms with E-state index in [1.165, 1.54) is 0 Å². The summed E-state index contributed by atoms with van der Waals surface area (Å²) < 4.78 is 0. The molecule has 0 unspecified atom stereocenters. The van der Waals surface area contributed by atoms with Crippen LogP contribution in [0.2, 0.25) is 0 Å². The normalized spacial score (nSPS) is 29.5. The van der Waals surface area contributed by atoms with Crippen molar-refractivity contribution in [3.05, 3.63) is 53.0 Å². The molecule has 1 aromatic heterocycles. The number of rotatable bonds is 1. The van der Waals surface area contributed by atoms with Gasteiger partial charge in [0.1, 0.15) is 11.5 Å². The number of nitrogens with zero attached hydrogens (tertiary/aromatic N) is 4. The third-order valence-electron chi connectivity index (χ3n) is 4.88. The molecule has 2 aliphatic carbocycles. The molecule has 0 aliphatic heterocycles. The van der Waals surface area contributed by atoms with Gasteiger partial charge in [-0.3, -0.25) is 4.98 Å². The lowest BCUT2D eigenvalue weighted by Crippen LogP contribution is -2.47. The van der Waals surface area contributed by atoms with Crippen molar-refractivity contribution >= 4 is 0 Å². The highest BCUT2D eigenvalue weighted by Crippen LogP contribution is 2.52. The van der Waals surface area contributed by atoms with E-state index in [1.54, 1.807) is 24.5 Å². The van der Waals surface area contributed by atoms with E-state index in [0.29, 0.717) is 11.1 Å². The molecule has 1 aromatic rings. The maximum atomic E-state index is 10.00. The fraction of sp³-hybridized carbons (Fsp3) is 0.333. The molecule has 5 heteroatoms. The van der Waals surface area contributed by atoms with E-state index in [9.17, 15) is 15.8 Å². The van der Waals surface area contributed by atoms with Crippen molar-refractivity contribution in [2.75, 3.05) is 0 Å². The molecule has 112 valence electrons. The van der Waals surface area contributed by atoms with Crippen molar-refractivity contribution in [2.24, 2.45) is 17.6 Å². The van der Waals surface area contributed by atoms with Crippen LogP contribution >= 0.6 is 0 Å². The third kappa shape index (κ3) is 1.93.